The van der Waals surface area contributed by atoms with Gasteiger partial charge in [0.15, 0.2) is 5.92 Å². The van der Waals surface area contributed by atoms with Crippen LogP contribution < -0.4 is 0 Å². The summed E-state index contributed by atoms with van der Waals surface area (Å²) in [6.07, 6.45) is 4.36. The van der Waals surface area contributed by atoms with Crippen LogP contribution in [0.4, 0.5) is 0 Å². The first-order chi connectivity index (χ1) is 11.9. The van der Waals surface area contributed by atoms with Crippen LogP contribution in [0.2, 0.25) is 0 Å². The molecule has 0 heterocycles. The zero-order valence-electron chi connectivity index (χ0n) is 15.4. The third-order valence-corrected chi connectivity index (χ3v) is 5.86. The molecule has 0 N–H and O–H groups in total. The van der Waals surface area contributed by atoms with Gasteiger partial charge in [0.05, 0.1) is 0 Å². The molecule has 3 rings (SSSR count). The molecular weight excluding hydrogens is 316 g/mol. The van der Waals surface area contributed by atoms with Crippen molar-refractivity contribution in [3.63, 3.8) is 0 Å². The van der Waals surface area contributed by atoms with E-state index in [-0.39, 0.29) is 24.0 Å². The summed E-state index contributed by atoms with van der Waals surface area (Å²) in [6.45, 7) is 6.10. The molecule has 0 amide bonds. The van der Waals surface area contributed by atoms with Crippen LogP contribution in [0.15, 0.2) is 30.3 Å². The standard InChI is InChI=1S/C21H28O4/c1-14(2)18(19(22)24-13-15-7-5-4-6-8-15)20(23)25-17-11-16-9-10-21(17,3)12-16/h4-8,14,16-18H,9-13H2,1-3H3. The zero-order valence-corrected chi connectivity index (χ0v) is 15.4. The molecule has 0 spiro atoms. The summed E-state index contributed by atoms with van der Waals surface area (Å²) in [4.78, 5) is 25.2. The molecule has 0 aliphatic heterocycles. The van der Waals surface area contributed by atoms with E-state index in [4.69, 9.17) is 9.47 Å². The Morgan fingerprint density at radius 3 is 2.48 bits per heavy atom. The van der Waals surface area contributed by atoms with E-state index in [1.54, 1.807) is 0 Å². The lowest BCUT2D eigenvalue weighted by Crippen LogP contribution is -2.38. The number of carbonyl (C=O) groups is 2. The summed E-state index contributed by atoms with van der Waals surface area (Å²) in [5.41, 5.74) is 1.00. The summed E-state index contributed by atoms with van der Waals surface area (Å²) in [6, 6.07) is 9.49. The van der Waals surface area contributed by atoms with Crippen LogP contribution in [-0.2, 0) is 25.7 Å². The topological polar surface area (TPSA) is 52.6 Å². The van der Waals surface area contributed by atoms with Crippen molar-refractivity contribution < 1.29 is 19.1 Å². The molecule has 2 bridgehead atoms. The Hall–Kier alpha value is -1.84. The second-order valence-corrected chi connectivity index (χ2v) is 8.24. The van der Waals surface area contributed by atoms with Crippen molar-refractivity contribution in [3.8, 4) is 0 Å². The lowest BCUT2D eigenvalue weighted by Gasteiger charge is -2.32. The van der Waals surface area contributed by atoms with E-state index in [9.17, 15) is 9.59 Å². The minimum atomic E-state index is -0.855. The van der Waals surface area contributed by atoms with Crippen LogP contribution in [0.25, 0.3) is 0 Å². The van der Waals surface area contributed by atoms with Gasteiger partial charge in [-0.05, 0) is 43.1 Å². The Kier molecular flexibility index (Phi) is 5.16. The van der Waals surface area contributed by atoms with Gasteiger partial charge in [-0.3, -0.25) is 9.59 Å². The summed E-state index contributed by atoms with van der Waals surface area (Å²) in [7, 11) is 0. The molecule has 136 valence electrons. The summed E-state index contributed by atoms with van der Waals surface area (Å²) >= 11 is 0. The van der Waals surface area contributed by atoms with Crippen molar-refractivity contribution in [1.29, 1.82) is 0 Å². The van der Waals surface area contributed by atoms with Crippen LogP contribution >= 0.6 is 0 Å². The Balaban J connectivity index is 1.60. The fourth-order valence-electron chi connectivity index (χ4n) is 4.34. The zero-order chi connectivity index (χ0) is 18.0. The van der Waals surface area contributed by atoms with Crippen LogP contribution in [0.5, 0.6) is 0 Å². The van der Waals surface area contributed by atoms with Gasteiger partial charge in [-0.2, -0.15) is 0 Å². The maximum absolute atomic E-state index is 12.7. The SMILES string of the molecule is CC(C)C(C(=O)OCc1ccccc1)C(=O)OC1CC2CCC1(C)C2. The first-order valence-corrected chi connectivity index (χ1v) is 9.30. The van der Waals surface area contributed by atoms with Crippen LogP contribution in [0.3, 0.4) is 0 Å². The minimum Gasteiger partial charge on any atom is -0.461 e. The second kappa shape index (κ2) is 7.19. The fourth-order valence-corrected chi connectivity index (χ4v) is 4.34. The lowest BCUT2D eigenvalue weighted by atomic mass is 9.83. The van der Waals surface area contributed by atoms with E-state index in [0.717, 1.165) is 24.8 Å². The molecule has 4 unspecified atom stereocenters. The van der Waals surface area contributed by atoms with E-state index in [0.29, 0.717) is 5.92 Å². The summed E-state index contributed by atoms with van der Waals surface area (Å²) < 4.78 is 11.2. The number of fused-ring (bicyclic) bond motifs is 2. The molecule has 2 saturated carbocycles. The molecule has 2 aliphatic carbocycles. The highest BCUT2D eigenvalue weighted by molar-refractivity contribution is 5.95. The van der Waals surface area contributed by atoms with E-state index in [1.807, 2.05) is 44.2 Å². The predicted molar refractivity (Wildman–Crippen MR) is 94.5 cm³/mol. The lowest BCUT2D eigenvalue weighted by molar-refractivity contribution is -0.172. The third kappa shape index (κ3) is 3.88. The fraction of sp³-hybridized carbons (Fsp3) is 0.619. The monoisotopic (exact) mass is 344 g/mol. The highest BCUT2D eigenvalue weighted by atomic mass is 16.6. The van der Waals surface area contributed by atoms with Crippen molar-refractivity contribution in [2.45, 2.75) is 59.2 Å². The van der Waals surface area contributed by atoms with Gasteiger partial charge in [-0.1, -0.05) is 51.1 Å². The molecule has 2 fully saturated rings. The van der Waals surface area contributed by atoms with Gasteiger partial charge in [0.25, 0.3) is 0 Å². The molecule has 4 heteroatoms. The van der Waals surface area contributed by atoms with Crippen LogP contribution in [0.1, 0.15) is 52.0 Å². The smallest absolute Gasteiger partial charge is 0.320 e. The third-order valence-electron chi connectivity index (χ3n) is 5.86. The quantitative estimate of drug-likeness (QED) is 0.575. The molecule has 4 nitrogen and oxygen atoms in total. The van der Waals surface area contributed by atoms with Gasteiger partial charge in [0.2, 0.25) is 0 Å². The number of benzene rings is 1. The van der Waals surface area contributed by atoms with Crippen molar-refractivity contribution in [1.82, 2.24) is 0 Å². The van der Waals surface area contributed by atoms with Crippen LogP contribution in [-0.4, -0.2) is 18.0 Å². The molecule has 25 heavy (non-hydrogen) atoms. The Bertz CT molecular complexity index is 624. The second-order valence-electron chi connectivity index (χ2n) is 8.24. The van der Waals surface area contributed by atoms with Gasteiger partial charge < -0.3 is 9.47 Å². The van der Waals surface area contributed by atoms with E-state index < -0.39 is 17.9 Å². The largest absolute Gasteiger partial charge is 0.461 e. The number of hydrogen-bond donors (Lipinski definition) is 0. The molecule has 4 atom stereocenters. The minimum absolute atomic E-state index is 0.0538. The average molecular weight is 344 g/mol. The number of esters is 2. The van der Waals surface area contributed by atoms with E-state index >= 15 is 0 Å². The Morgan fingerprint density at radius 1 is 1.20 bits per heavy atom. The van der Waals surface area contributed by atoms with E-state index in [2.05, 4.69) is 6.92 Å². The number of carbonyl (C=O) groups excluding carboxylic acids is 2. The first-order valence-electron chi connectivity index (χ1n) is 9.30. The molecule has 0 saturated heterocycles. The van der Waals surface area contributed by atoms with Gasteiger partial charge in [-0.25, -0.2) is 0 Å². The van der Waals surface area contributed by atoms with Crippen LogP contribution in [0, 0.1) is 23.2 Å². The predicted octanol–water partition coefficient (Wildman–Crippen LogP) is 4.12. The van der Waals surface area contributed by atoms with Gasteiger partial charge in [-0.15, -0.1) is 0 Å². The van der Waals surface area contributed by atoms with Crippen molar-refractivity contribution in [3.05, 3.63) is 35.9 Å². The van der Waals surface area contributed by atoms with Gasteiger partial charge in [0, 0.05) is 5.41 Å². The normalized spacial score (nSPS) is 28.8. The van der Waals surface area contributed by atoms with Crippen molar-refractivity contribution >= 4 is 11.9 Å². The summed E-state index contributed by atoms with van der Waals surface area (Å²) in [5.74, 6) is -1.25. The molecule has 2 aliphatic rings. The highest BCUT2D eigenvalue weighted by Gasteiger charge is 2.51. The molecular formula is C21H28O4. The maximum Gasteiger partial charge on any atom is 0.320 e. The Morgan fingerprint density at radius 2 is 1.92 bits per heavy atom. The molecule has 1 aromatic carbocycles. The Labute approximate surface area is 149 Å². The van der Waals surface area contributed by atoms with E-state index in [1.165, 1.54) is 6.42 Å². The first kappa shape index (κ1) is 18.0. The van der Waals surface area contributed by atoms with Crippen molar-refractivity contribution in [2.24, 2.45) is 23.2 Å². The maximum atomic E-state index is 12.7. The molecule has 0 radical (unpaired) electrons. The number of ether oxygens (including phenoxy) is 2. The summed E-state index contributed by atoms with van der Waals surface area (Å²) in [5, 5.41) is 0. The van der Waals surface area contributed by atoms with Gasteiger partial charge >= 0.3 is 11.9 Å². The molecule has 1 aromatic rings. The number of hydrogen-bond acceptors (Lipinski definition) is 4. The van der Waals surface area contributed by atoms with Gasteiger partial charge in [0.1, 0.15) is 12.7 Å². The number of rotatable bonds is 6. The highest BCUT2D eigenvalue weighted by Crippen LogP contribution is 2.55. The average Bonchev–Trinajstić information content (AvgIpc) is 3.09. The van der Waals surface area contributed by atoms with Crippen molar-refractivity contribution in [2.75, 3.05) is 0 Å². The molecule has 0 aromatic heterocycles.